The molecule has 45 heavy (non-hydrogen) atoms. The zero-order chi connectivity index (χ0) is 29.7. The third-order valence-corrected chi connectivity index (χ3v) is 20.4. The Bertz CT molecular complexity index is 1550. The molecule has 3 heteroatoms. The summed E-state index contributed by atoms with van der Waals surface area (Å²) in [4.78, 5) is 5.64. The Morgan fingerprint density at radius 3 is 2.71 bits per heavy atom. The van der Waals surface area contributed by atoms with Crippen LogP contribution in [0.5, 0.6) is 0 Å². The maximum Gasteiger partial charge on any atom is 0.0744 e. The van der Waals surface area contributed by atoms with Crippen LogP contribution in [0.3, 0.4) is 0 Å². The maximum absolute atomic E-state index is 8.21. The quantitative estimate of drug-likeness (QED) is 0.279. The average Bonchev–Trinajstić information content (AvgIpc) is 3.53. The van der Waals surface area contributed by atoms with Crippen LogP contribution in [0, 0.1) is 73.9 Å². The lowest BCUT2D eigenvalue weighted by atomic mass is 9.38. The van der Waals surface area contributed by atoms with Crippen LogP contribution in [-0.2, 0) is 4.74 Å². The third kappa shape index (κ3) is 2.47. The van der Waals surface area contributed by atoms with Gasteiger partial charge in [-0.2, -0.15) is 0 Å². The van der Waals surface area contributed by atoms with Gasteiger partial charge < -0.3 is 14.5 Å². The van der Waals surface area contributed by atoms with Crippen molar-refractivity contribution in [2.45, 2.75) is 128 Å². The fraction of sp³-hybridized carbons (Fsp3) is 0.905. The topological polar surface area (TPSA) is 15.7 Å². The molecule has 0 radical (unpaired) electrons. The van der Waals surface area contributed by atoms with Gasteiger partial charge in [0.05, 0.1) is 11.7 Å². The zero-order valence-electron chi connectivity index (χ0n) is 28.8. The minimum Gasteiger partial charge on any atom is -0.370 e. The number of likely N-dealkylation sites (tertiary alicyclic amines) is 2. The van der Waals surface area contributed by atoms with Crippen molar-refractivity contribution in [2.24, 2.45) is 73.9 Å². The SMILES string of the molecule is CN1C[C@@H]2CC3=C(CC[C@@]45C[C@H]6[C@@H](C=C34)[C@]63CC[C@@]4(C[C@]67CC[C@@H]8[C@@]9(C)CCC[C@@]8%10[C@@H]6C[C@H]4C[C@@H]7[C@H]%10N(C)C9)O[C@@H]53)[C@@](C)(C2)C1. The number of ether oxygens (including phenoxy) is 1. The van der Waals surface area contributed by atoms with Crippen molar-refractivity contribution >= 4 is 0 Å². The molecule has 5 spiro atoms. The van der Waals surface area contributed by atoms with Crippen molar-refractivity contribution in [3.63, 3.8) is 0 Å². The summed E-state index contributed by atoms with van der Waals surface area (Å²) in [5, 5.41) is 0. The Morgan fingerprint density at radius 2 is 1.80 bits per heavy atom. The number of rotatable bonds is 0. The van der Waals surface area contributed by atoms with Gasteiger partial charge in [-0.05, 0) is 173 Å². The van der Waals surface area contributed by atoms with Crippen molar-refractivity contribution in [1.82, 2.24) is 9.80 Å². The van der Waals surface area contributed by atoms with Crippen molar-refractivity contribution in [1.29, 1.82) is 0 Å². The molecule has 16 atom stereocenters. The first kappa shape index (κ1) is 26.3. The van der Waals surface area contributed by atoms with E-state index in [1.807, 2.05) is 16.7 Å². The molecule has 3 aliphatic heterocycles. The maximum atomic E-state index is 8.21. The van der Waals surface area contributed by atoms with Gasteiger partial charge in [0.1, 0.15) is 0 Å². The predicted molar refractivity (Wildman–Crippen MR) is 176 cm³/mol. The summed E-state index contributed by atoms with van der Waals surface area (Å²) >= 11 is 0. The van der Waals surface area contributed by atoms with Crippen molar-refractivity contribution in [3.8, 4) is 0 Å². The van der Waals surface area contributed by atoms with E-state index in [0.29, 0.717) is 38.6 Å². The van der Waals surface area contributed by atoms with Gasteiger partial charge in [0.2, 0.25) is 0 Å². The highest BCUT2D eigenvalue weighted by atomic mass is 16.5. The van der Waals surface area contributed by atoms with E-state index in [2.05, 4.69) is 43.8 Å². The molecule has 0 aromatic rings. The molecule has 0 amide bonds. The van der Waals surface area contributed by atoms with Crippen LogP contribution in [0.15, 0.2) is 22.8 Å². The lowest BCUT2D eigenvalue weighted by Crippen LogP contribution is -2.67. The second-order valence-corrected chi connectivity index (χ2v) is 21.5. The Morgan fingerprint density at radius 1 is 0.889 bits per heavy atom. The fourth-order valence-corrected chi connectivity index (χ4v) is 20.0. The van der Waals surface area contributed by atoms with Gasteiger partial charge in [0.25, 0.3) is 0 Å². The third-order valence-electron chi connectivity index (χ3n) is 20.4. The highest BCUT2D eigenvalue weighted by Crippen LogP contribution is 2.88. The summed E-state index contributed by atoms with van der Waals surface area (Å²) in [6.07, 6.45) is 25.7. The molecule has 0 unspecified atom stereocenters. The van der Waals surface area contributed by atoms with Gasteiger partial charge in [-0.25, -0.2) is 0 Å². The average molecular weight is 607 g/mol. The first-order chi connectivity index (χ1) is 21.6. The molecule has 242 valence electrons. The number of hydrogen-bond donors (Lipinski definition) is 0. The van der Waals surface area contributed by atoms with Crippen LogP contribution in [0.4, 0.5) is 0 Å². The fourth-order valence-electron chi connectivity index (χ4n) is 20.0. The van der Waals surface area contributed by atoms with E-state index in [1.165, 1.54) is 90.3 Å². The number of piperidine rings is 2. The van der Waals surface area contributed by atoms with E-state index in [0.717, 1.165) is 47.5 Å². The zero-order valence-corrected chi connectivity index (χ0v) is 28.8. The van der Waals surface area contributed by atoms with Crippen LogP contribution in [0.25, 0.3) is 0 Å². The molecular formula is C42H58N2O. The highest BCUT2D eigenvalue weighted by molar-refractivity contribution is 5.56. The second-order valence-electron chi connectivity index (χ2n) is 21.5. The molecule has 12 aliphatic carbocycles. The number of fused-ring (bicyclic) bond motifs is 3. The molecule has 0 N–H and O–H groups in total. The van der Waals surface area contributed by atoms with E-state index < -0.39 is 0 Å². The molecular weight excluding hydrogens is 548 g/mol. The molecule has 12 bridgehead atoms. The van der Waals surface area contributed by atoms with E-state index in [1.54, 1.807) is 25.7 Å². The molecule has 0 aromatic carbocycles. The summed E-state index contributed by atoms with van der Waals surface area (Å²) in [6.45, 7) is 9.35. The van der Waals surface area contributed by atoms with Crippen LogP contribution >= 0.6 is 0 Å². The van der Waals surface area contributed by atoms with Gasteiger partial charge in [-0.3, -0.25) is 0 Å². The Kier molecular flexibility index (Phi) is 4.25. The van der Waals surface area contributed by atoms with Crippen molar-refractivity contribution in [3.05, 3.63) is 22.8 Å². The second kappa shape index (κ2) is 7.28. The van der Waals surface area contributed by atoms with Crippen LogP contribution in [-0.4, -0.2) is 61.3 Å². The van der Waals surface area contributed by atoms with Gasteiger partial charge in [0, 0.05) is 41.9 Å². The Hall–Kier alpha value is -0.640. The minimum atomic E-state index is 0.209. The molecule has 3 nitrogen and oxygen atoms in total. The largest absolute Gasteiger partial charge is 0.370 e. The van der Waals surface area contributed by atoms with E-state index in [-0.39, 0.29) is 5.60 Å². The monoisotopic (exact) mass is 606 g/mol. The lowest BCUT2D eigenvalue weighted by molar-refractivity contribution is -0.284. The molecule has 8 saturated carbocycles. The predicted octanol–water partition coefficient (Wildman–Crippen LogP) is 7.87. The molecule has 3 heterocycles. The number of allylic oxidation sites excluding steroid dienone is 2. The van der Waals surface area contributed by atoms with E-state index >= 15 is 0 Å². The van der Waals surface area contributed by atoms with Crippen molar-refractivity contribution in [2.75, 3.05) is 33.7 Å². The van der Waals surface area contributed by atoms with Crippen LogP contribution in [0.1, 0.15) is 110 Å². The first-order valence-electron chi connectivity index (χ1n) is 20.1. The molecule has 15 aliphatic rings. The summed E-state index contributed by atoms with van der Waals surface area (Å²) in [6, 6.07) is 0.888. The van der Waals surface area contributed by atoms with Gasteiger partial charge in [0.15, 0.2) is 0 Å². The minimum absolute atomic E-state index is 0.209. The van der Waals surface area contributed by atoms with Gasteiger partial charge >= 0.3 is 0 Å². The Labute approximate surface area is 272 Å². The lowest BCUT2D eigenvalue weighted by Gasteiger charge is -2.70. The smallest absolute Gasteiger partial charge is 0.0744 e. The van der Waals surface area contributed by atoms with E-state index in [9.17, 15) is 0 Å². The van der Waals surface area contributed by atoms with Crippen LogP contribution < -0.4 is 0 Å². The number of hydrogen-bond acceptors (Lipinski definition) is 3. The highest BCUT2D eigenvalue weighted by Gasteiger charge is 2.86. The number of nitrogens with zero attached hydrogens (tertiary/aromatic N) is 2. The first-order valence-corrected chi connectivity index (χ1v) is 20.1. The standard InChI is InChI=1S/C42H58N2O/c1-36-8-5-9-42-32(36)7-11-39-21-40(25(16-33(39)42)15-30(39)34(42)44(4)23-36)12-13-41-29-17-28-26-14-24-18-37(2,22-43(3)20-24)27(26)6-10-38(28,19-31(29)41)35(41)45-40/h17,24-25,29-35H,5-16,18-23H2,1-4H3/t24-,25-,29-,30-,31+,32-,33-,34-,35+,36+,37+,38-,39+,40+,41-,42+/m1/s1. The molecule has 11 fully saturated rings. The summed E-state index contributed by atoms with van der Waals surface area (Å²) in [7, 11) is 4.96. The normalized spacial score (nSPS) is 67.0. The van der Waals surface area contributed by atoms with Crippen molar-refractivity contribution < 1.29 is 4.74 Å². The summed E-state index contributed by atoms with van der Waals surface area (Å²) < 4.78 is 8.21. The summed E-state index contributed by atoms with van der Waals surface area (Å²) in [5.41, 5.74) is 9.02. The Balaban J connectivity index is 0.894. The molecule has 0 aromatic heterocycles. The molecule has 3 saturated heterocycles. The van der Waals surface area contributed by atoms with Gasteiger partial charge in [-0.1, -0.05) is 31.9 Å². The summed E-state index contributed by atoms with van der Waals surface area (Å²) in [5.74, 6) is 6.50. The van der Waals surface area contributed by atoms with Gasteiger partial charge in [-0.15, -0.1) is 0 Å². The molecule has 15 rings (SSSR count). The van der Waals surface area contributed by atoms with E-state index in [4.69, 9.17) is 4.74 Å². The van der Waals surface area contributed by atoms with Crippen LogP contribution in [0.2, 0.25) is 0 Å².